The minimum absolute atomic E-state index is 0.161. The van der Waals surface area contributed by atoms with Crippen molar-refractivity contribution in [1.29, 1.82) is 0 Å². The van der Waals surface area contributed by atoms with Crippen LogP contribution in [0.2, 0.25) is 0 Å². The average molecular weight is 297 g/mol. The van der Waals surface area contributed by atoms with Crippen LogP contribution >= 0.6 is 0 Å². The Morgan fingerprint density at radius 3 is 2.45 bits per heavy atom. The van der Waals surface area contributed by atoms with Gasteiger partial charge in [-0.2, -0.15) is 13.2 Å². The SMILES string of the molecule is CCOC(CN)CCN1C(=O)NC(C)(C(F)(F)F)C1=O. The third-order valence-electron chi connectivity index (χ3n) is 3.18. The quantitative estimate of drug-likeness (QED) is 0.704. The second-order valence-corrected chi connectivity index (χ2v) is 4.61. The van der Waals surface area contributed by atoms with Crippen molar-refractivity contribution in [2.75, 3.05) is 19.7 Å². The number of urea groups is 1. The summed E-state index contributed by atoms with van der Waals surface area (Å²) in [5, 5.41) is 1.68. The highest BCUT2D eigenvalue weighted by molar-refractivity contribution is 6.07. The fraction of sp³-hybridized carbons (Fsp3) is 0.818. The minimum atomic E-state index is -4.85. The van der Waals surface area contributed by atoms with E-state index in [1.54, 1.807) is 12.2 Å². The van der Waals surface area contributed by atoms with Gasteiger partial charge in [0.25, 0.3) is 5.91 Å². The third-order valence-corrected chi connectivity index (χ3v) is 3.18. The lowest BCUT2D eigenvalue weighted by Crippen LogP contribution is -2.56. The van der Waals surface area contributed by atoms with Crippen LogP contribution in [0.15, 0.2) is 0 Å². The van der Waals surface area contributed by atoms with Crippen LogP contribution in [0.5, 0.6) is 0 Å². The van der Waals surface area contributed by atoms with Crippen molar-refractivity contribution < 1.29 is 27.5 Å². The van der Waals surface area contributed by atoms with Crippen molar-refractivity contribution in [3.8, 4) is 0 Å². The van der Waals surface area contributed by atoms with Gasteiger partial charge in [0.05, 0.1) is 6.10 Å². The van der Waals surface area contributed by atoms with Crippen molar-refractivity contribution in [1.82, 2.24) is 10.2 Å². The van der Waals surface area contributed by atoms with Crippen LogP contribution in [0, 0.1) is 0 Å². The molecule has 0 aliphatic carbocycles. The maximum absolute atomic E-state index is 12.8. The molecule has 1 aliphatic heterocycles. The molecule has 0 aromatic rings. The first kappa shape index (κ1) is 16.7. The standard InChI is InChI=1S/C11H18F3N3O3/c1-3-20-7(6-15)4-5-17-8(18)10(2,11(12,13)14)16-9(17)19/h7H,3-6,15H2,1-2H3,(H,16,19). The van der Waals surface area contributed by atoms with Gasteiger partial charge >= 0.3 is 12.2 Å². The molecule has 20 heavy (non-hydrogen) atoms. The number of nitrogens with zero attached hydrogens (tertiary/aromatic N) is 1. The zero-order valence-electron chi connectivity index (χ0n) is 11.3. The fourth-order valence-electron chi connectivity index (χ4n) is 1.87. The lowest BCUT2D eigenvalue weighted by Gasteiger charge is -2.24. The van der Waals surface area contributed by atoms with Crippen molar-refractivity contribution in [3.63, 3.8) is 0 Å². The molecule has 0 saturated carbocycles. The molecule has 3 amide bonds. The highest BCUT2D eigenvalue weighted by Crippen LogP contribution is 2.35. The molecule has 2 atom stereocenters. The van der Waals surface area contributed by atoms with Crippen LogP contribution in [0.4, 0.5) is 18.0 Å². The van der Waals surface area contributed by atoms with Crippen molar-refractivity contribution in [2.45, 2.75) is 38.1 Å². The van der Waals surface area contributed by atoms with Crippen LogP contribution in [0.1, 0.15) is 20.3 Å². The zero-order chi connectivity index (χ0) is 15.6. The van der Waals surface area contributed by atoms with Crippen molar-refractivity contribution in [2.24, 2.45) is 5.73 Å². The van der Waals surface area contributed by atoms with E-state index in [-0.39, 0.29) is 19.5 Å². The van der Waals surface area contributed by atoms with Crippen molar-refractivity contribution in [3.05, 3.63) is 0 Å². The Morgan fingerprint density at radius 2 is 2.05 bits per heavy atom. The number of halogens is 3. The number of carbonyl (C=O) groups excluding carboxylic acids is 2. The molecule has 1 aliphatic rings. The number of nitrogens with one attached hydrogen (secondary N) is 1. The van der Waals surface area contributed by atoms with Gasteiger partial charge in [-0.3, -0.25) is 9.69 Å². The molecule has 0 spiro atoms. The van der Waals surface area contributed by atoms with Crippen LogP contribution in [0.25, 0.3) is 0 Å². The highest BCUT2D eigenvalue weighted by atomic mass is 19.4. The van der Waals surface area contributed by atoms with E-state index in [4.69, 9.17) is 10.5 Å². The molecule has 0 aromatic heterocycles. The first-order chi connectivity index (χ1) is 9.17. The molecular formula is C11H18F3N3O3. The van der Waals surface area contributed by atoms with Gasteiger partial charge in [-0.1, -0.05) is 0 Å². The number of nitrogens with two attached hydrogens (primary N) is 1. The third kappa shape index (κ3) is 3.04. The number of hydrogen-bond donors (Lipinski definition) is 2. The fourth-order valence-corrected chi connectivity index (χ4v) is 1.87. The Labute approximate surface area is 114 Å². The van der Waals surface area contributed by atoms with Gasteiger partial charge in [0.15, 0.2) is 0 Å². The summed E-state index contributed by atoms with van der Waals surface area (Å²) in [6.45, 7) is 2.78. The molecule has 1 fully saturated rings. The number of amides is 3. The summed E-state index contributed by atoms with van der Waals surface area (Å²) in [6.07, 6.45) is -5.06. The summed E-state index contributed by atoms with van der Waals surface area (Å²) in [5.74, 6) is -1.30. The Kier molecular flexibility index (Phi) is 4.98. The molecule has 2 unspecified atom stereocenters. The van der Waals surface area contributed by atoms with E-state index in [9.17, 15) is 22.8 Å². The summed E-state index contributed by atoms with van der Waals surface area (Å²) in [5.41, 5.74) is 2.56. The summed E-state index contributed by atoms with van der Waals surface area (Å²) in [6, 6.07) is -1.05. The normalized spacial score (nSPS) is 25.0. The van der Waals surface area contributed by atoms with Crippen LogP contribution in [0.3, 0.4) is 0 Å². The van der Waals surface area contributed by atoms with Gasteiger partial charge in [-0.05, 0) is 20.3 Å². The smallest absolute Gasteiger partial charge is 0.377 e. The second-order valence-electron chi connectivity index (χ2n) is 4.61. The molecular weight excluding hydrogens is 279 g/mol. The summed E-state index contributed by atoms with van der Waals surface area (Å²) >= 11 is 0. The molecule has 9 heteroatoms. The van der Waals surface area contributed by atoms with Gasteiger partial charge in [0, 0.05) is 19.7 Å². The molecule has 3 N–H and O–H groups in total. The van der Waals surface area contributed by atoms with E-state index in [1.165, 1.54) is 0 Å². The van der Waals surface area contributed by atoms with Crippen molar-refractivity contribution >= 4 is 11.9 Å². The van der Waals surface area contributed by atoms with Gasteiger partial charge in [-0.25, -0.2) is 4.79 Å². The van der Waals surface area contributed by atoms with Gasteiger partial charge in [0.1, 0.15) is 0 Å². The Morgan fingerprint density at radius 1 is 1.45 bits per heavy atom. The maximum Gasteiger partial charge on any atom is 0.420 e. The predicted octanol–water partition coefficient (Wildman–Crippen LogP) is 0.613. The summed E-state index contributed by atoms with van der Waals surface area (Å²) < 4.78 is 43.7. The molecule has 6 nitrogen and oxygen atoms in total. The molecule has 0 aromatic carbocycles. The molecule has 1 saturated heterocycles. The maximum atomic E-state index is 12.8. The number of carbonyl (C=O) groups is 2. The minimum Gasteiger partial charge on any atom is -0.377 e. The molecule has 0 radical (unpaired) electrons. The van der Waals surface area contributed by atoms with E-state index in [1.807, 2.05) is 0 Å². The number of alkyl halides is 3. The molecule has 0 bridgehead atoms. The second kappa shape index (κ2) is 5.96. The van der Waals surface area contributed by atoms with Gasteiger partial charge in [-0.15, -0.1) is 0 Å². The molecule has 116 valence electrons. The average Bonchev–Trinajstić information content (AvgIpc) is 2.57. The molecule has 1 heterocycles. The van der Waals surface area contributed by atoms with E-state index in [0.29, 0.717) is 18.4 Å². The number of ether oxygens (including phenoxy) is 1. The first-order valence-electron chi connectivity index (χ1n) is 6.19. The number of rotatable bonds is 6. The van der Waals surface area contributed by atoms with Gasteiger partial charge in [0.2, 0.25) is 5.54 Å². The lowest BCUT2D eigenvalue weighted by molar-refractivity contribution is -0.191. The zero-order valence-corrected chi connectivity index (χ0v) is 11.3. The molecule has 1 rings (SSSR count). The Hall–Kier alpha value is -1.35. The van der Waals surface area contributed by atoms with Crippen LogP contribution < -0.4 is 11.1 Å². The highest BCUT2D eigenvalue weighted by Gasteiger charge is 2.64. The monoisotopic (exact) mass is 297 g/mol. The largest absolute Gasteiger partial charge is 0.420 e. The number of hydrogen-bond acceptors (Lipinski definition) is 4. The number of imide groups is 1. The first-order valence-corrected chi connectivity index (χ1v) is 6.19. The Balaban J connectivity index is 2.73. The van der Waals surface area contributed by atoms with E-state index in [0.717, 1.165) is 0 Å². The predicted molar refractivity (Wildman–Crippen MR) is 63.8 cm³/mol. The van der Waals surface area contributed by atoms with Crippen LogP contribution in [-0.4, -0.2) is 54.4 Å². The van der Waals surface area contributed by atoms with E-state index >= 15 is 0 Å². The van der Waals surface area contributed by atoms with Crippen LogP contribution in [-0.2, 0) is 9.53 Å². The lowest BCUT2D eigenvalue weighted by atomic mass is 10.0. The summed E-state index contributed by atoms with van der Waals surface area (Å²) in [7, 11) is 0. The Bertz CT molecular complexity index is 389. The van der Waals surface area contributed by atoms with E-state index < -0.39 is 29.8 Å². The summed E-state index contributed by atoms with van der Waals surface area (Å²) in [4.78, 5) is 23.9. The van der Waals surface area contributed by atoms with Gasteiger partial charge < -0.3 is 15.8 Å². The van der Waals surface area contributed by atoms with E-state index in [2.05, 4.69) is 0 Å². The topological polar surface area (TPSA) is 84.7 Å².